The van der Waals surface area contributed by atoms with Gasteiger partial charge in [-0.05, 0) is 43.7 Å². The highest BCUT2D eigenvalue weighted by molar-refractivity contribution is 6.30. The van der Waals surface area contributed by atoms with Gasteiger partial charge < -0.3 is 30.1 Å². The molecular weight excluding hydrogens is 565 g/mol. The zero-order valence-electron chi connectivity index (χ0n) is 22.7. The average molecular weight is 596 g/mol. The molecule has 4 N–H and O–H groups in total. The smallest absolute Gasteiger partial charge is 0.213 e. The van der Waals surface area contributed by atoms with Crippen molar-refractivity contribution in [2.45, 2.75) is 50.7 Å². The number of benzene rings is 1. The van der Waals surface area contributed by atoms with Gasteiger partial charge in [-0.1, -0.05) is 28.9 Å². The number of aliphatic hydroxyl groups is 1. The van der Waals surface area contributed by atoms with E-state index in [0.717, 1.165) is 36.6 Å². The molecular formula is C29H31ClFN7O4. The van der Waals surface area contributed by atoms with Gasteiger partial charge in [0.2, 0.25) is 5.88 Å². The van der Waals surface area contributed by atoms with Crippen LogP contribution in [-0.4, -0.2) is 72.5 Å². The maximum Gasteiger partial charge on any atom is 0.213 e. The van der Waals surface area contributed by atoms with Crippen molar-refractivity contribution in [2.75, 3.05) is 19.7 Å². The number of amidine groups is 1. The standard InChI is InChI=1S/C29H31ClFN7O4/c30-18-5-4-17(21(31)10-18)16-42-28-3-1-2-22(35-28)20-6-8-37(14-26(20)39)15-27-34-23-11-24(29(32)36-40)33-12-25(23)38(27)13-19-7-9-41-19/h1-5,10-12,19-20,26,39-40H,6-9,13-16H2,(H2,32,36)/t19-,20-,26+/m0/s1. The van der Waals surface area contributed by atoms with Crippen molar-refractivity contribution < 1.29 is 24.2 Å². The molecule has 3 aromatic heterocycles. The van der Waals surface area contributed by atoms with Crippen molar-refractivity contribution in [3.05, 3.63) is 82.3 Å². The summed E-state index contributed by atoms with van der Waals surface area (Å²) in [5, 5.41) is 23.6. The summed E-state index contributed by atoms with van der Waals surface area (Å²) in [4.78, 5) is 16.0. The fourth-order valence-corrected chi connectivity index (χ4v) is 5.57. The lowest BCUT2D eigenvalue weighted by Crippen LogP contribution is -2.43. The molecule has 2 fully saturated rings. The summed E-state index contributed by atoms with van der Waals surface area (Å²) < 4.78 is 27.7. The number of imidazole rings is 1. The molecule has 0 amide bonds. The Kier molecular flexibility index (Phi) is 8.20. The van der Waals surface area contributed by atoms with Crippen LogP contribution in [0.3, 0.4) is 0 Å². The number of β-amino-alcohol motifs (C(OH)–C–C–N with tert-alkyl or cyclic N) is 1. The van der Waals surface area contributed by atoms with Gasteiger partial charge in [0.25, 0.3) is 0 Å². The van der Waals surface area contributed by atoms with Crippen molar-refractivity contribution in [2.24, 2.45) is 10.9 Å². The Morgan fingerprint density at radius 1 is 1.21 bits per heavy atom. The number of nitrogens with two attached hydrogens (primary N) is 1. The van der Waals surface area contributed by atoms with E-state index in [9.17, 15) is 9.50 Å². The Labute approximate surface area is 246 Å². The highest BCUT2D eigenvalue weighted by Gasteiger charge is 2.31. The second-order valence-corrected chi connectivity index (χ2v) is 11.0. The molecule has 6 rings (SSSR count). The van der Waals surface area contributed by atoms with Gasteiger partial charge in [-0.2, -0.15) is 0 Å². The number of oxime groups is 1. The monoisotopic (exact) mass is 595 g/mol. The largest absolute Gasteiger partial charge is 0.473 e. The highest BCUT2D eigenvalue weighted by Crippen LogP contribution is 2.30. The van der Waals surface area contributed by atoms with Gasteiger partial charge in [0, 0.05) is 35.7 Å². The van der Waals surface area contributed by atoms with E-state index in [2.05, 4.69) is 24.6 Å². The maximum atomic E-state index is 14.1. The number of ether oxygens (including phenoxy) is 2. The SMILES string of the molecule is NC(=NO)c1cc2nc(CN3CC[C@@H](c4cccc(OCc5ccc(Cl)cc5F)n4)[C@H](O)C3)n(C[C@@H]3CCO3)c2cn1. The van der Waals surface area contributed by atoms with E-state index < -0.39 is 11.9 Å². The molecule has 2 aliphatic heterocycles. The van der Waals surface area contributed by atoms with Gasteiger partial charge in [-0.25, -0.2) is 14.4 Å². The van der Waals surface area contributed by atoms with E-state index in [1.54, 1.807) is 30.5 Å². The summed E-state index contributed by atoms with van der Waals surface area (Å²) in [6.07, 6.45) is 2.80. The van der Waals surface area contributed by atoms with Gasteiger partial charge in [0.05, 0.1) is 48.2 Å². The van der Waals surface area contributed by atoms with Crippen molar-refractivity contribution in [3.8, 4) is 5.88 Å². The van der Waals surface area contributed by atoms with Gasteiger partial charge in [-0.3, -0.25) is 9.88 Å². The predicted octanol–water partition coefficient (Wildman–Crippen LogP) is 3.43. The van der Waals surface area contributed by atoms with Gasteiger partial charge in [0.15, 0.2) is 5.84 Å². The number of likely N-dealkylation sites (tertiary alicyclic amines) is 1. The van der Waals surface area contributed by atoms with Crippen LogP contribution in [-0.2, 0) is 24.4 Å². The molecule has 2 aliphatic rings. The first kappa shape index (κ1) is 28.3. The zero-order chi connectivity index (χ0) is 29.2. The zero-order valence-corrected chi connectivity index (χ0v) is 23.5. The lowest BCUT2D eigenvalue weighted by Gasteiger charge is -2.35. The number of fused-ring (bicyclic) bond motifs is 1. The van der Waals surface area contributed by atoms with Crippen molar-refractivity contribution in [3.63, 3.8) is 0 Å². The second-order valence-electron chi connectivity index (χ2n) is 10.6. The van der Waals surface area contributed by atoms with Crippen molar-refractivity contribution >= 4 is 28.5 Å². The minimum Gasteiger partial charge on any atom is -0.473 e. The quantitative estimate of drug-likeness (QED) is 0.115. The third kappa shape index (κ3) is 6.02. The van der Waals surface area contributed by atoms with E-state index in [1.807, 2.05) is 12.1 Å². The number of aliphatic hydroxyl groups excluding tert-OH is 1. The van der Waals surface area contributed by atoms with E-state index in [4.69, 9.17) is 37.0 Å². The van der Waals surface area contributed by atoms with Crippen molar-refractivity contribution in [1.29, 1.82) is 0 Å². The molecule has 1 aromatic carbocycles. The van der Waals surface area contributed by atoms with Crippen LogP contribution in [0.5, 0.6) is 5.88 Å². The molecule has 0 unspecified atom stereocenters. The molecule has 3 atom stereocenters. The minimum atomic E-state index is -0.656. The number of rotatable bonds is 9. The van der Waals surface area contributed by atoms with Crippen LogP contribution in [0.25, 0.3) is 11.0 Å². The number of nitrogens with zero attached hydrogens (tertiary/aromatic N) is 6. The average Bonchev–Trinajstić information content (AvgIpc) is 3.30. The number of halogens is 2. The number of aromatic nitrogens is 4. The molecule has 4 aromatic rings. The Hall–Kier alpha value is -3.84. The summed E-state index contributed by atoms with van der Waals surface area (Å²) in [5.41, 5.74) is 8.73. The predicted molar refractivity (Wildman–Crippen MR) is 153 cm³/mol. The summed E-state index contributed by atoms with van der Waals surface area (Å²) in [5.74, 6) is 0.498. The number of pyridine rings is 2. The van der Waals surface area contributed by atoms with E-state index in [1.165, 1.54) is 6.07 Å². The third-order valence-electron chi connectivity index (χ3n) is 7.81. The molecule has 2 saturated heterocycles. The van der Waals surface area contributed by atoms with Crippen LogP contribution in [0.15, 0.2) is 53.8 Å². The highest BCUT2D eigenvalue weighted by atomic mass is 35.5. The molecule has 0 saturated carbocycles. The van der Waals surface area contributed by atoms with E-state index in [0.29, 0.717) is 53.7 Å². The molecule has 13 heteroatoms. The van der Waals surface area contributed by atoms with Gasteiger partial charge >= 0.3 is 0 Å². The summed E-state index contributed by atoms with van der Waals surface area (Å²) in [6.45, 7) is 3.09. The summed E-state index contributed by atoms with van der Waals surface area (Å²) >= 11 is 5.84. The van der Waals surface area contributed by atoms with Crippen LogP contribution >= 0.6 is 11.6 Å². The fraction of sp³-hybridized carbons (Fsp3) is 0.379. The van der Waals surface area contributed by atoms with Crippen LogP contribution in [0.2, 0.25) is 5.02 Å². The molecule has 0 radical (unpaired) electrons. The Morgan fingerprint density at radius 2 is 2.07 bits per heavy atom. The first-order valence-corrected chi connectivity index (χ1v) is 14.1. The summed E-state index contributed by atoms with van der Waals surface area (Å²) in [7, 11) is 0. The number of hydrogen-bond donors (Lipinski definition) is 3. The maximum absolute atomic E-state index is 14.1. The van der Waals surface area contributed by atoms with Crippen LogP contribution in [0.1, 0.15) is 41.5 Å². The van der Waals surface area contributed by atoms with Crippen LogP contribution in [0, 0.1) is 5.82 Å². The normalized spacial score (nSPS) is 21.4. The first-order valence-electron chi connectivity index (χ1n) is 13.8. The first-order chi connectivity index (χ1) is 20.4. The fourth-order valence-electron chi connectivity index (χ4n) is 5.42. The summed E-state index contributed by atoms with van der Waals surface area (Å²) in [6, 6.07) is 11.6. The Morgan fingerprint density at radius 3 is 2.81 bits per heavy atom. The Bertz CT molecular complexity index is 1610. The molecule has 0 aliphatic carbocycles. The molecule has 220 valence electrons. The molecule has 42 heavy (non-hydrogen) atoms. The van der Waals surface area contributed by atoms with E-state index in [-0.39, 0.29) is 24.5 Å². The minimum absolute atomic E-state index is 0.0176. The molecule has 11 nitrogen and oxygen atoms in total. The molecule has 5 heterocycles. The van der Waals surface area contributed by atoms with Gasteiger partial charge in [0.1, 0.15) is 23.9 Å². The number of hydrogen-bond acceptors (Lipinski definition) is 9. The van der Waals surface area contributed by atoms with Crippen molar-refractivity contribution in [1.82, 2.24) is 24.4 Å². The topological polar surface area (TPSA) is 144 Å². The van der Waals surface area contributed by atoms with E-state index >= 15 is 0 Å². The molecule has 0 bridgehead atoms. The van der Waals surface area contributed by atoms with Gasteiger partial charge in [-0.15, -0.1) is 0 Å². The third-order valence-corrected chi connectivity index (χ3v) is 8.05. The van der Waals surface area contributed by atoms with Crippen LogP contribution in [0.4, 0.5) is 4.39 Å². The van der Waals surface area contributed by atoms with Crippen LogP contribution < -0.4 is 10.5 Å². The lowest BCUT2D eigenvalue weighted by molar-refractivity contribution is -0.0593. The lowest BCUT2D eigenvalue weighted by atomic mass is 9.90. The number of piperidine rings is 1. The second kappa shape index (κ2) is 12.2. The Balaban J connectivity index is 1.14. The molecule has 0 spiro atoms.